The molecule has 1 aliphatic carbocycles. The first-order valence-electron chi connectivity index (χ1n) is 27.8. The van der Waals surface area contributed by atoms with Gasteiger partial charge in [-0.2, -0.15) is 5.26 Å². The van der Waals surface area contributed by atoms with E-state index in [-0.39, 0.29) is 60.8 Å². The van der Waals surface area contributed by atoms with Gasteiger partial charge in [-0.3, -0.25) is 9.59 Å². The van der Waals surface area contributed by atoms with E-state index in [0.29, 0.717) is 52.3 Å². The van der Waals surface area contributed by atoms with Crippen LogP contribution in [0.15, 0.2) is 83.5 Å². The fraction of sp³-hybridized carbons (Fsp3) is 0.534. The van der Waals surface area contributed by atoms with Crippen LogP contribution in [0.1, 0.15) is 107 Å². The molecule has 6 aliphatic rings. The van der Waals surface area contributed by atoms with E-state index in [1.807, 2.05) is 51.2 Å². The number of piperazine rings is 1. The zero-order chi connectivity index (χ0) is 53.3. The molecule has 19 nitrogen and oxygen atoms in total. The van der Waals surface area contributed by atoms with E-state index in [0.717, 1.165) is 120 Å². The third-order valence-electron chi connectivity index (χ3n) is 17.1. The van der Waals surface area contributed by atoms with Gasteiger partial charge in [0, 0.05) is 113 Å². The van der Waals surface area contributed by atoms with Gasteiger partial charge in [0.2, 0.25) is 17.7 Å². The molecule has 2 aromatic carbocycles. The van der Waals surface area contributed by atoms with Gasteiger partial charge in [-0.1, -0.05) is 43.3 Å². The van der Waals surface area contributed by atoms with Crippen molar-refractivity contribution in [1.29, 1.82) is 5.26 Å². The fourth-order valence-corrected chi connectivity index (χ4v) is 12.8. The predicted octanol–water partition coefficient (Wildman–Crippen LogP) is 6.43. The summed E-state index contributed by atoms with van der Waals surface area (Å²) in [6.45, 7) is 12.3. The highest BCUT2D eigenvalue weighted by Gasteiger charge is 2.45. The number of carbonyl (C=O) groups excluding carboxylic acids is 2. The number of amides is 2. The Kier molecular flexibility index (Phi) is 15.2. The molecule has 8 heterocycles. The molecule has 1 saturated carbocycles. The minimum Gasteiger partial charge on any atom is -0.507 e. The summed E-state index contributed by atoms with van der Waals surface area (Å²) in [5, 5.41) is 46.4. The zero-order valence-electron chi connectivity index (χ0n) is 44.4. The highest BCUT2D eigenvalue weighted by Crippen LogP contribution is 2.41. The van der Waals surface area contributed by atoms with Gasteiger partial charge in [0.1, 0.15) is 23.8 Å². The minimum absolute atomic E-state index is 0.0646. The first-order chi connectivity index (χ1) is 37.3. The number of phenolic OH excluding ortho intramolecular Hbond substituents is 1. The van der Waals surface area contributed by atoms with Gasteiger partial charge >= 0.3 is 0 Å². The van der Waals surface area contributed by atoms with Crippen LogP contribution in [0.25, 0.3) is 11.3 Å². The lowest BCUT2D eigenvalue weighted by atomic mass is 9.91. The van der Waals surface area contributed by atoms with Crippen molar-refractivity contribution in [2.75, 3.05) is 72.8 Å². The molecule has 5 aliphatic heterocycles. The van der Waals surface area contributed by atoms with Crippen LogP contribution >= 0.6 is 0 Å². The number of phenols is 1. The van der Waals surface area contributed by atoms with Crippen LogP contribution in [0.3, 0.4) is 0 Å². The standard InChI is InChI=1S/C58H72N12O7/c1-35(2)55(58(74)69-34-43(71)25-50(69)57(73)62-36(3)39-10-8-37(30-59)9-11-39)52-29-53(65-77-52)67-22-15-38(16-23-67)31-66-20-17-44(18-21-66)75-45-26-46(27-45)76-54-24-40(14-19-61-54)70-41-12-13-42(70)33-68(32-41)49-28-48(63-64-56(49)60)47-6-4-5-7-51(47)72/h4-11,14,19,24,28-29,35-36,38,41-46,50,55,71-72H,12-13,15-18,20-23,25-27,31-34H2,1-3H3,(H2,60,64)(H,62,73)/t36-,41?,42?,43+,45?,46?,50-,55+/m0/s1. The monoisotopic (exact) mass is 1050 g/mol. The number of nitrogens with zero attached hydrogens (tertiary/aromatic N) is 10. The number of aliphatic hydroxyl groups excluding tert-OH is 1. The number of hydrogen-bond donors (Lipinski definition) is 4. The van der Waals surface area contributed by atoms with Crippen molar-refractivity contribution < 1.29 is 33.8 Å². The molecule has 406 valence electrons. The number of hydrogen-bond acceptors (Lipinski definition) is 17. The van der Waals surface area contributed by atoms with Gasteiger partial charge in [-0.15, -0.1) is 10.2 Å². The number of rotatable bonds is 16. The molecule has 2 amide bonds. The first-order valence-corrected chi connectivity index (χ1v) is 27.8. The van der Waals surface area contributed by atoms with Crippen molar-refractivity contribution in [3.63, 3.8) is 0 Å². The van der Waals surface area contributed by atoms with E-state index in [1.165, 1.54) is 4.90 Å². The number of aromatic hydroxyl groups is 1. The van der Waals surface area contributed by atoms with E-state index in [4.69, 9.17) is 19.7 Å². The first kappa shape index (κ1) is 52.1. The highest BCUT2D eigenvalue weighted by molar-refractivity contribution is 5.91. The Bertz CT molecular complexity index is 2900. The summed E-state index contributed by atoms with van der Waals surface area (Å²) in [4.78, 5) is 43.7. The smallest absolute Gasteiger partial charge is 0.243 e. The Morgan fingerprint density at radius 2 is 1.60 bits per heavy atom. The Morgan fingerprint density at radius 1 is 0.857 bits per heavy atom. The largest absolute Gasteiger partial charge is 0.507 e. The minimum atomic E-state index is -0.825. The lowest BCUT2D eigenvalue weighted by molar-refractivity contribution is -0.141. The van der Waals surface area contributed by atoms with Crippen molar-refractivity contribution in [2.45, 2.75) is 133 Å². The third-order valence-corrected chi connectivity index (χ3v) is 17.1. The van der Waals surface area contributed by atoms with E-state index in [1.54, 1.807) is 36.4 Å². The number of nitrogens with two attached hydrogens (primary N) is 1. The van der Waals surface area contributed by atoms with Gasteiger partial charge in [0.05, 0.1) is 47.4 Å². The highest BCUT2D eigenvalue weighted by atomic mass is 16.5. The molecular formula is C58H72N12O7. The molecule has 19 heteroatoms. The molecular weight excluding hydrogens is 977 g/mol. The number of fused-ring (bicyclic) bond motifs is 2. The van der Waals surface area contributed by atoms with Crippen molar-refractivity contribution in [3.8, 4) is 29.0 Å². The number of pyridine rings is 1. The van der Waals surface area contributed by atoms with Crippen molar-refractivity contribution in [2.24, 2.45) is 11.8 Å². The van der Waals surface area contributed by atoms with Crippen LogP contribution in [-0.2, 0) is 14.3 Å². The summed E-state index contributed by atoms with van der Waals surface area (Å²) in [5.74, 6) is 1.58. The molecule has 0 radical (unpaired) electrons. The van der Waals surface area contributed by atoms with Crippen LogP contribution < -0.4 is 30.5 Å². The summed E-state index contributed by atoms with van der Waals surface area (Å²) < 4.78 is 19.0. The number of β-amino-alcohol motifs (C(OH)–C–C–N with tert-alkyl or cyclic N) is 1. The summed E-state index contributed by atoms with van der Waals surface area (Å²) in [6, 6.07) is 23.7. The van der Waals surface area contributed by atoms with Gasteiger partial charge in [-0.25, -0.2) is 4.98 Å². The topological polar surface area (TPSA) is 236 Å². The number of ether oxygens (including phenoxy) is 2. The number of nitrogen functional groups attached to an aromatic ring is 1. The second-order valence-corrected chi connectivity index (χ2v) is 22.6. The van der Waals surface area contributed by atoms with Crippen molar-refractivity contribution >= 4 is 34.8 Å². The molecule has 3 aromatic heterocycles. The second-order valence-electron chi connectivity index (χ2n) is 22.6. The number of para-hydroxylation sites is 1. The Hall–Kier alpha value is -7.01. The maximum absolute atomic E-state index is 14.3. The van der Waals surface area contributed by atoms with Crippen LogP contribution in [0.2, 0.25) is 0 Å². The molecule has 5 aromatic rings. The molecule has 5 saturated heterocycles. The van der Waals surface area contributed by atoms with Crippen molar-refractivity contribution in [1.82, 2.24) is 35.5 Å². The fourth-order valence-electron chi connectivity index (χ4n) is 12.8. The molecule has 5 N–H and O–H groups in total. The molecule has 77 heavy (non-hydrogen) atoms. The van der Waals surface area contributed by atoms with Crippen LogP contribution in [0.5, 0.6) is 11.6 Å². The van der Waals surface area contributed by atoms with Gasteiger partial charge in [-0.05, 0) is 99.2 Å². The zero-order valence-corrected chi connectivity index (χ0v) is 44.4. The van der Waals surface area contributed by atoms with E-state index in [2.05, 4.69) is 63.5 Å². The second kappa shape index (κ2) is 22.5. The van der Waals surface area contributed by atoms with Crippen LogP contribution in [0, 0.1) is 23.2 Å². The normalized spacial score (nSPS) is 24.9. The number of nitriles is 1. The van der Waals surface area contributed by atoms with E-state index in [9.17, 15) is 25.1 Å². The molecule has 6 fully saturated rings. The van der Waals surface area contributed by atoms with Gasteiger partial charge < -0.3 is 59.8 Å². The van der Waals surface area contributed by atoms with E-state index < -0.39 is 18.1 Å². The predicted molar refractivity (Wildman–Crippen MR) is 290 cm³/mol. The van der Waals surface area contributed by atoms with Crippen LogP contribution in [-0.4, -0.2) is 147 Å². The molecule has 6 atom stereocenters. The number of piperidine rings is 2. The Labute approximate surface area is 450 Å². The molecule has 11 rings (SSSR count). The summed E-state index contributed by atoms with van der Waals surface area (Å²) in [5.41, 5.74) is 11.0. The number of aliphatic hydroxyl groups is 1. The maximum Gasteiger partial charge on any atom is 0.243 e. The Morgan fingerprint density at radius 3 is 2.31 bits per heavy atom. The summed E-state index contributed by atoms with van der Waals surface area (Å²) in [6.07, 6.45) is 9.75. The number of nitrogens with one attached hydrogen (secondary N) is 1. The SMILES string of the molecule is CC(C)[C@@H](C(=O)N1C[C@H](O)C[C@H]1C(=O)N[C@@H](C)c1ccc(C#N)cc1)c1cc(N2CCC(CN3CCC(OC4CC(Oc5cc(N6C7CCC6CN(c6cc(-c8ccccc8O)nnc6N)C7)ccn5)C4)CC3)CC2)no1. The lowest BCUT2D eigenvalue weighted by Gasteiger charge is -2.43. The van der Waals surface area contributed by atoms with Crippen molar-refractivity contribution in [3.05, 3.63) is 95.9 Å². The average molecular weight is 1050 g/mol. The number of anilines is 4. The number of benzene rings is 2. The number of likely N-dealkylation sites (tertiary alicyclic amines) is 2. The Balaban J connectivity index is 0.600. The quantitative estimate of drug-likeness (QED) is 0.0833. The lowest BCUT2D eigenvalue weighted by Crippen LogP contribution is -2.54. The third kappa shape index (κ3) is 11.4. The number of carbonyl (C=O) groups is 2. The maximum atomic E-state index is 14.3. The number of aromatic nitrogens is 4. The average Bonchev–Trinajstić information content (AvgIpc) is 4.16. The van der Waals surface area contributed by atoms with E-state index >= 15 is 0 Å². The van der Waals surface area contributed by atoms with Gasteiger partial charge in [0.15, 0.2) is 17.4 Å². The van der Waals surface area contributed by atoms with Gasteiger partial charge in [0.25, 0.3) is 0 Å². The summed E-state index contributed by atoms with van der Waals surface area (Å²) in [7, 11) is 0. The van der Waals surface area contributed by atoms with Crippen LogP contribution in [0.4, 0.5) is 23.0 Å². The molecule has 0 spiro atoms. The molecule has 2 unspecified atom stereocenters. The summed E-state index contributed by atoms with van der Waals surface area (Å²) >= 11 is 0. The molecule has 2 bridgehead atoms.